The summed E-state index contributed by atoms with van der Waals surface area (Å²) in [6.07, 6.45) is 0. The van der Waals surface area contributed by atoms with Crippen molar-refractivity contribution in [3.05, 3.63) is 35.3 Å². The lowest BCUT2D eigenvalue weighted by Gasteiger charge is -2.18. The Labute approximate surface area is 133 Å². The summed E-state index contributed by atoms with van der Waals surface area (Å²) in [4.78, 5) is 6.83. The third-order valence-corrected chi connectivity index (χ3v) is 3.49. The Bertz CT molecular complexity index is 749. The second kappa shape index (κ2) is 6.71. The molecule has 0 radical (unpaired) electrons. The lowest BCUT2D eigenvalue weighted by atomic mass is 9.85. The Kier molecular flexibility index (Phi) is 4.72. The van der Waals surface area contributed by atoms with E-state index in [1.807, 2.05) is 12.1 Å². The highest BCUT2D eigenvalue weighted by atomic mass is 16.5. The van der Waals surface area contributed by atoms with Crippen LogP contribution < -0.4 is 9.47 Å². The van der Waals surface area contributed by atoms with Crippen molar-refractivity contribution in [2.45, 2.75) is 12.8 Å². The van der Waals surface area contributed by atoms with Crippen molar-refractivity contribution >= 4 is 0 Å². The molecule has 7 heteroatoms. The van der Waals surface area contributed by atoms with Crippen molar-refractivity contribution in [3.8, 4) is 29.5 Å². The van der Waals surface area contributed by atoms with Crippen molar-refractivity contribution in [2.75, 3.05) is 14.2 Å². The van der Waals surface area contributed by atoms with Gasteiger partial charge in [0, 0.05) is 6.07 Å². The summed E-state index contributed by atoms with van der Waals surface area (Å²) in [5, 5.41) is 28.7. The normalized spacial score (nSPS) is 11.6. The van der Waals surface area contributed by atoms with Gasteiger partial charge < -0.3 is 19.6 Å². The largest absolute Gasteiger partial charge is 0.497 e. The third kappa shape index (κ3) is 3.19. The number of nitrogens with zero attached hydrogens (tertiary/aromatic N) is 3. The number of hydrogen-bond donors (Lipinski definition) is 2. The molecular weight excluding hydrogens is 296 g/mol. The average molecular weight is 312 g/mol. The molecule has 0 aliphatic carbocycles. The van der Waals surface area contributed by atoms with E-state index in [1.54, 1.807) is 25.1 Å². The van der Waals surface area contributed by atoms with Gasteiger partial charge in [0.2, 0.25) is 5.88 Å². The fourth-order valence-corrected chi connectivity index (χ4v) is 2.43. The Morgan fingerprint density at radius 3 is 2.09 bits per heavy atom. The van der Waals surface area contributed by atoms with Crippen molar-refractivity contribution < 1.29 is 14.6 Å². The van der Waals surface area contributed by atoms with E-state index < -0.39 is 11.8 Å². The molecule has 1 aromatic carbocycles. The van der Waals surface area contributed by atoms with Crippen molar-refractivity contribution in [1.29, 1.82) is 10.5 Å². The van der Waals surface area contributed by atoms with Crippen LogP contribution in [0.15, 0.2) is 18.2 Å². The first-order chi connectivity index (χ1) is 11.0. The maximum absolute atomic E-state index is 10.0. The van der Waals surface area contributed by atoms with Gasteiger partial charge in [-0.1, -0.05) is 0 Å². The molecule has 0 aliphatic rings. The van der Waals surface area contributed by atoms with E-state index in [0.717, 1.165) is 0 Å². The van der Waals surface area contributed by atoms with Crippen LogP contribution in [0.25, 0.3) is 0 Å². The molecule has 7 nitrogen and oxygen atoms in total. The van der Waals surface area contributed by atoms with E-state index in [-0.39, 0.29) is 5.88 Å². The Balaban J connectivity index is 2.66. The molecule has 1 atom stereocenters. The van der Waals surface area contributed by atoms with Gasteiger partial charge in [-0.2, -0.15) is 15.5 Å². The molecule has 0 aliphatic heterocycles. The topological polar surface area (TPSA) is 115 Å². The van der Waals surface area contributed by atoms with Crippen LogP contribution in [0.4, 0.5) is 0 Å². The first-order valence-corrected chi connectivity index (χ1v) is 6.81. The van der Waals surface area contributed by atoms with Gasteiger partial charge in [0.15, 0.2) is 0 Å². The fourth-order valence-electron chi connectivity index (χ4n) is 2.43. The van der Waals surface area contributed by atoms with E-state index in [4.69, 9.17) is 9.47 Å². The number of ether oxygens (including phenoxy) is 2. The quantitative estimate of drug-likeness (QED) is 0.874. The molecule has 0 unspecified atom stereocenters. The number of imidazole rings is 1. The second-order valence-electron chi connectivity index (χ2n) is 4.92. The summed E-state index contributed by atoms with van der Waals surface area (Å²) in [6.45, 7) is 1.68. The minimum atomic E-state index is -1.02. The van der Waals surface area contributed by atoms with Crippen LogP contribution in [0.5, 0.6) is 17.4 Å². The molecule has 0 saturated heterocycles. The maximum atomic E-state index is 10.0. The number of hydrogen-bond acceptors (Lipinski definition) is 6. The zero-order valence-corrected chi connectivity index (χ0v) is 13.0. The molecule has 2 N–H and O–H groups in total. The van der Waals surface area contributed by atoms with Gasteiger partial charge in [0.1, 0.15) is 23.2 Å². The van der Waals surface area contributed by atoms with Crippen LogP contribution in [0, 0.1) is 35.5 Å². The number of aromatic amines is 1. The highest BCUT2D eigenvalue weighted by Gasteiger charge is 2.30. The summed E-state index contributed by atoms with van der Waals surface area (Å²) in [5.41, 5.74) is 0.916. The molecule has 23 heavy (non-hydrogen) atoms. The van der Waals surface area contributed by atoms with Crippen molar-refractivity contribution in [2.24, 2.45) is 5.92 Å². The number of nitrogens with one attached hydrogen (secondary N) is 1. The summed E-state index contributed by atoms with van der Waals surface area (Å²) in [6, 6.07) is 9.00. The third-order valence-electron chi connectivity index (χ3n) is 3.49. The van der Waals surface area contributed by atoms with Gasteiger partial charge in [-0.15, -0.1) is 0 Å². The highest BCUT2D eigenvalue weighted by molar-refractivity contribution is 5.46. The number of nitriles is 2. The first kappa shape index (κ1) is 16.2. The van der Waals surface area contributed by atoms with Gasteiger partial charge >= 0.3 is 0 Å². The van der Waals surface area contributed by atoms with Crippen LogP contribution in [0.3, 0.4) is 0 Å². The predicted molar refractivity (Wildman–Crippen MR) is 81.1 cm³/mol. The molecule has 0 amide bonds. The molecule has 1 heterocycles. The zero-order chi connectivity index (χ0) is 17.0. The summed E-state index contributed by atoms with van der Waals surface area (Å²) >= 11 is 0. The summed E-state index contributed by atoms with van der Waals surface area (Å²) in [5.74, 6) is -0.422. The second-order valence-corrected chi connectivity index (χ2v) is 4.92. The van der Waals surface area contributed by atoms with Crippen molar-refractivity contribution in [3.63, 3.8) is 0 Å². The molecule has 1 aromatic heterocycles. The Morgan fingerprint density at radius 1 is 1.13 bits per heavy atom. The Morgan fingerprint density at radius 2 is 1.70 bits per heavy atom. The van der Waals surface area contributed by atoms with Crippen LogP contribution in [0.1, 0.15) is 23.0 Å². The van der Waals surface area contributed by atoms with Crippen LogP contribution in [-0.4, -0.2) is 29.3 Å². The molecule has 118 valence electrons. The number of aryl methyl sites for hydroxylation is 1. The monoisotopic (exact) mass is 312 g/mol. The van der Waals surface area contributed by atoms with Gasteiger partial charge in [0.25, 0.3) is 0 Å². The number of aromatic nitrogens is 2. The molecule has 2 aromatic rings. The van der Waals surface area contributed by atoms with Crippen LogP contribution in [-0.2, 0) is 0 Å². The molecular formula is C16H16N4O3. The van der Waals surface area contributed by atoms with Gasteiger partial charge in [-0.3, -0.25) is 0 Å². The maximum Gasteiger partial charge on any atom is 0.233 e. The average Bonchev–Trinajstić information content (AvgIpc) is 2.89. The number of methoxy groups -OCH3 is 2. The summed E-state index contributed by atoms with van der Waals surface area (Å²) < 4.78 is 10.5. The van der Waals surface area contributed by atoms with Crippen LogP contribution >= 0.6 is 0 Å². The first-order valence-electron chi connectivity index (χ1n) is 6.81. The molecule has 2 rings (SSSR count). The van der Waals surface area contributed by atoms with E-state index in [9.17, 15) is 15.6 Å². The minimum Gasteiger partial charge on any atom is -0.497 e. The molecule has 0 saturated carbocycles. The van der Waals surface area contributed by atoms with Gasteiger partial charge in [-0.05, 0) is 24.6 Å². The number of benzene rings is 1. The lowest BCUT2D eigenvalue weighted by Crippen LogP contribution is -2.12. The van der Waals surface area contributed by atoms with Crippen LogP contribution in [0.2, 0.25) is 0 Å². The van der Waals surface area contributed by atoms with Gasteiger partial charge in [-0.25, -0.2) is 0 Å². The predicted octanol–water partition coefficient (Wildman–Crippen LogP) is 2.24. The number of H-pyrrole nitrogens is 1. The lowest BCUT2D eigenvalue weighted by molar-refractivity contribution is 0.392. The summed E-state index contributed by atoms with van der Waals surface area (Å²) in [7, 11) is 3.02. The Hall–Kier alpha value is -3.19. The van der Waals surface area contributed by atoms with E-state index in [2.05, 4.69) is 9.97 Å². The standard InChI is InChI=1S/C16H16N4O3/c1-9-19-15(16(21)20-9)14(11(7-17)8-18)10-4-12(22-2)6-13(5-10)23-3/h4-6,11,14,21H,1-3H3,(H,19,20)/t14-/m0/s1. The zero-order valence-electron chi connectivity index (χ0n) is 13.0. The highest BCUT2D eigenvalue weighted by Crippen LogP contribution is 2.38. The van der Waals surface area contributed by atoms with Crippen molar-refractivity contribution in [1.82, 2.24) is 9.97 Å². The fraction of sp³-hybridized carbons (Fsp3) is 0.312. The minimum absolute atomic E-state index is 0.232. The number of rotatable bonds is 5. The smallest absolute Gasteiger partial charge is 0.233 e. The SMILES string of the molecule is COc1cc(OC)cc([C@H](c2[nH]c(C)nc2O)C(C#N)C#N)c1. The van der Waals surface area contributed by atoms with E-state index >= 15 is 0 Å². The molecule has 0 spiro atoms. The molecule has 0 fully saturated rings. The number of aromatic hydroxyl groups is 1. The molecule has 0 bridgehead atoms. The van der Waals surface area contributed by atoms with E-state index in [1.165, 1.54) is 14.2 Å². The van der Waals surface area contributed by atoms with Gasteiger partial charge in [0.05, 0.1) is 38.0 Å². The van der Waals surface area contributed by atoms with E-state index in [0.29, 0.717) is 28.6 Å².